The molecule has 0 saturated carbocycles. The fourth-order valence-electron chi connectivity index (χ4n) is 3.11. The molecule has 10 nitrogen and oxygen atoms in total. The van der Waals surface area contributed by atoms with Gasteiger partial charge < -0.3 is 29.0 Å². The van der Waals surface area contributed by atoms with Crippen molar-refractivity contribution in [3.63, 3.8) is 0 Å². The van der Waals surface area contributed by atoms with Crippen LogP contribution in [0.3, 0.4) is 0 Å². The summed E-state index contributed by atoms with van der Waals surface area (Å²) >= 11 is 18.1. The first-order chi connectivity index (χ1) is 16.4. The molecule has 1 heterocycles. The summed E-state index contributed by atoms with van der Waals surface area (Å²) < 4.78 is 25.1. The summed E-state index contributed by atoms with van der Waals surface area (Å²) in [6, 6.07) is 7.91. The van der Waals surface area contributed by atoms with E-state index in [1.807, 2.05) is 6.07 Å². The molecule has 1 aliphatic heterocycles. The van der Waals surface area contributed by atoms with E-state index in [2.05, 4.69) is 5.32 Å². The van der Waals surface area contributed by atoms with Gasteiger partial charge in [0.15, 0.2) is 12.2 Å². The lowest BCUT2D eigenvalue weighted by atomic mass is 9.97. The van der Waals surface area contributed by atoms with Crippen LogP contribution in [0.1, 0.15) is 20.8 Å². The summed E-state index contributed by atoms with van der Waals surface area (Å²) in [6.07, 6.45) is -4.50. The van der Waals surface area contributed by atoms with Gasteiger partial charge in [-0.15, -0.1) is 0 Å². The average molecular weight is 573 g/mol. The van der Waals surface area contributed by atoms with Crippen molar-refractivity contribution in [1.82, 2.24) is 5.32 Å². The third-order valence-corrected chi connectivity index (χ3v) is 5.86. The third kappa shape index (κ3) is 10.3. The number of thioether (sulfide) groups is 1. The number of halogens is 3. The molecule has 1 aromatic rings. The van der Waals surface area contributed by atoms with Crippen molar-refractivity contribution in [2.75, 3.05) is 13.2 Å². The van der Waals surface area contributed by atoms with E-state index in [1.165, 1.54) is 18.7 Å². The number of esters is 3. The molecule has 0 aliphatic carbocycles. The molecule has 1 amide bonds. The number of ether oxygens (including phenoxy) is 5. The number of carbonyl (C=O) groups is 4. The highest BCUT2D eigenvalue weighted by Gasteiger charge is 2.51. The summed E-state index contributed by atoms with van der Waals surface area (Å²) in [6.45, 7) is 2.64. The van der Waals surface area contributed by atoms with Gasteiger partial charge in [0, 0.05) is 25.7 Å². The molecule has 14 heteroatoms. The van der Waals surface area contributed by atoms with Gasteiger partial charge in [0.2, 0.25) is 3.79 Å². The van der Waals surface area contributed by atoms with Crippen molar-refractivity contribution < 1.29 is 42.9 Å². The minimum Gasteiger partial charge on any atom is -0.463 e. The number of nitrogens with one attached hydrogen (secondary N) is 1. The van der Waals surface area contributed by atoms with Gasteiger partial charge in [-0.05, 0) is 12.1 Å². The number of hydrogen-bond donors (Lipinski definition) is 1. The van der Waals surface area contributed by atoms with E-state index >= 15 is 0 Å². The van der Waals surface area contributed by atoms with Crippen LogP contribution in [0, 0.1) is 0 Å². The number of benzene rings is 1. The first-order valence-electron chi connectivity index (χ1n) is 10.2. The van der Waals surface area contributed by atoms with Crippen LogP contribution in [0.25, 0.3) is 0 Å². The first-order valence-corrected chi connectivity index (χ1v) is 12.2. The van der Waals surface area contributed by atoms with Crippen LogP contribution >= 0.6 is 46.6 Å². The Balaban J connectivity index is 2.42. The first kappa shape index (κ1) is 29.3. The van der Waals surface area contributed by atoms with E-state index in [0.29, 0.717) is 0 Å². The van der Waals surface area contributed by atoms with Crippen LogP contribution in [0.5, 0.6) is 0 Å². The van der Waals surface area contributed by atoms with Crippen LogP contribution in [0.4, 0.5) is 4.79 Å². The Kier molecular flexibility index (Phi) is 11.2. The molecule has 1 fully saturated rings. The molecule has 1 aliphatic rings. The van der Waals surface area contributed by atoms with Crippen molar-refractivity contribution in [2.45, 2.75) is 59.2 Å². The number of hydrogen-bond acceptors (Lipinski definition) is 10. The summed E-state index contributed by atoms with van der Waals surface area (Å²) in [5.41, 5.74) is -0.908. The molecule has 1 aromatic carbocycles. The number of rotatable bonds is 8. The second-order valence-electron chi connectivity index (χ2n) is 7.29. The van der Waals surface area contributed by atoms with E-state index in [1.54, 1.807) is 24.3 Å². The molecular formula is C21H24Cl3NO9S. The van der Waals surface area contributed by atoms with Gasteiger partial charge in [-0.3, -0.25) is 14.4 Å². The van der Waals surface area contributed by atoms with Gasteiger partial charge in [0.25, 0.3) is 0 Å². The molecule has 194 valence electrons. The molecule has 2 rings (SSSR count). The third-order valence-electron chi connectivity index (χ3n) is 4.35. The maximum absolute atomic E-state index is 12.5. The number of amides is 1. The van der Waals surface area contributed by atoms with E-state index in [9.17, 15) is 19.2 Å². The molecular weight excluding hydrogens is 549 g/mol. The summed E-state index contributed by atoms with van der Waals surface area (Å²) in [4.78, 5) is 48.5. The highest BCUT2D eigenvalue weighted by Crippen LogP contribution is 2.36. The average Bonchev–Trinajstić information content (AvgIpc) is 2.74. The molecule has 0 unspecified atom stereocenters. The van der Waals surface area contributed by atoms with Gasteiger partial charge in [-0.2, -0.15) is 0 Å². The predicted octanol–water partition coefficient (Wildman–Crippen LogP) is 3.40. The molecule has 0 spiro atoms. The number of carbonyl (C=O) groups excluding carboxylic acids is 4. The zero-order valence-electron chi connectivity index (χ0n) is 18.9. The standard InChI is InChI=1S/C21H24Cl3NO9S/c1-11(26)30-9-15-17(32-12(2)27)18(33-13(3)28)16(25-20(29)31-10-21(22,23)24)19(34-15)35-14-7-5-4-6-8-14/h4-8,15-19H,9-10H2,1-3H3,(H,25,29)/t15-,16-,17+,18+,19-/m1/s1. The zero-order chi connectivity index (χ0) is 26.2. The fourth-order valence-corrected chi connectivity index (χ4v) is 4.43. The molecule has 5 atom stereocenters. The molecule has 35 heavy (non-hydrogen) atoms. The predicted molar refractivity (Wildman–Crippen MR) is 127 cm³/mol. The SMILES string of the molecule is CC(=O)OC[C@H]1O[C@H](Sc2ccccc2)[C@H](NC(=O)OCC(Cl)(Cl)Cl)[C@H](OC(C)=O)[C@H]1OC(C)=O. The van der Waals surface area contributed by atoms with E-state index in [-0.39, 0.29) is 6.61 Å². The maximum Gasteiger partial charge on any atom is 0.407 e. The Labute approximate surface area is 221 Å². The minimum absolute atomic E-state index is 0.304. The highest BCUT2D eigenvalue weighted by atomic mass is 35.6. The smallest absolute Gasteiger partial charge is 0.407 e. The Morgan fingerprint density at radius 2 is 1.54 bits per heavy atom. The lowest BCUT2D eigenvalue weighted by molar-refractivity contribution is -0.211. The second-order valence-corrected chi connectivity index (χ2v) is 11.0. The van der Waals surface area contributed by atoms with Crippen molar-refractivity contribution in [1.29, 1.82) is 0 Å². The quantitative estimate of drug-likeness (QED) is 0.281. The summed E-state index contributed by atoms with van der Waals surface area (Å²) in [7, 11) is 0. The van der Waals surface area contributed by atoms with Crippen LogP contribution in [0.15, 0.2) is 35.2 Å². The Bertz CT molecular complexity index is 900. The molecule has 0 aromatic heterocycles. The van der Waals surface area contributed by atoms with Crippen LogP contribution < -0.4 is 5.32 Å². The fraction of sp³-hybridized carbons (Fsp3) is 0.524. The molecule has 1 N–H and O–H groups in total. The second kappa shape index (κ2) is 13.4. The van der Waals surface area contributed by atoms with Crippen molar-refractivity contribution in [2.24, 2.45) is 0 Å². The van der Waals surface area contributed by atoms with Gasteiger partial charge in [-0.25, -0.2) is 4.79 Å². The lowest BCUT2D eigenvalue weighted by Crippen LogP contribution is -2.65. The van der Waals surface area contributed by atoms with Gasteiger partial charge in [-0.1, -0.05) is 64.8 Å². The molecule has 0 bridgehead atoms. The van der Waals surface area contributed by atoms with Gasteiger partial charge in [0.1, 0.15) is 30.8 Å². The number of alkyl carbamates (subject to hydrolysis) is 1. The Morgan fingerprint density at radius 1 is 0.943 bits per heavy atom. The molecule has 0 radical (unpaired) electrons. The van der Waals surface area contributed by atoms with Crippen molar-refractivity contribution in [3.05, 3.63) is 30.3 Å². The van der Waals surface area contributed by atoms with Crippen LogP contribution in [-0.2, 0) is 38.1 Å². The minimum atomic E-state index is -1.86. The van der Waals surface area contributed by atoms with Gasteiger partial charge >= 0.3 is 24.0 Å². The topological polar surface area (TPSA) is 126 Å². The van der Waals surface area contributed by atoms with Crippen molar-refractivity contribution >= 4 is 70.6 Å². The summed E-state index contributed by atoms with van der Waals surface area (Å²) in [5.74, 6) is -2.03. The van der Waals surface area contributed by atoms with Crippen molar-refractivity contribution in [3.8, 4) is 0 Å². The lowest BCUT2D eigenvalue weighted by Gasteiger charge is -2.44. The largest absolute Gasteiger partial charge is 0.463 e. The van der Waals surface area contributed by atoms with E-state index < -0.39 is 64.2 Å². The van der Waals surface area contributed by atoms with E-state index in [0.717, 1.165) is 18.7 Å². The maximum atomic E-state index is 12.5. The highest BCUT2D eigenvalue weighted by molar-refractivity contribution is 7.99. The molecule has 1 saturated heterocycles. The normalized spacial score (nSPS) is 24.1. The monoisotopic (exact) mass is 571 g/mol. The van der Waals surface area contributed by atoms with Gasteiger partial charge in [0.05, 0.1) is 0 Å². The van der Waals surface area contributed by atoms with E-state index in [4.69, 9.17) is 58.5 Å². The number of alkyl halides is 3. The Morgan fingerprint density at radius 3 is 2.09 bits per heavy atom. The van der Waals surface area contributed by atoms with Crippen LogP contribution in [0.2, 0.25) is 0 Å². The Hall–Kier alpha value is -1.92. The van der Waals surface area contributed by atoms with Crippen LogP contribution in [-0.4, -0.2) is 70.8 Å². The summed E-state index contributed by atoms with van der Waals surface area (Å²) in [5, 5.41) is 2.55. The zero-order valence-corrected chi connectivity index (χ0v) is 22.0.